The summed E-state index contributed by atoms with van der Waals surface area (Å²) in [5.74, 6) is -0.266. The standard InChI is InChI=1S/C14H19N3O5S2/c1-6(18)9-10(19)17-11(22-14(20)21)13(24-12(9)17)23-8-3-4-16(5-8)7(2)15/h6,8-9,12,15,18H,3-5H2,1-2H3,(H,20,21)/t6?,8-,9-,12+/m0/s1. The predicted octanol–water partition coefficient (Wildman–Crippen LogP) is 1.52. The molecule has 3 N–H and O–H groups in total. The molecule has 10 heteroatoms. The zero-order valence-electron chi connectivity index (χ0n) is 13.3. The van der Waals surface area contributed by atoms with Gasteiger partial charge in [-0.05, 0) is 20.3 Å². The Balaban J connectivity index is 1.75. The van der Waals surface area contributed by atoms with Crippen LogP contribution >= 0.6 is 23.5 Å². The van der Waals surface area contributed by atoms with E-state index in [2.05, 4.69) is 0 Å². The molecule has 0 radical (unpaired) electrons. The maximum absolute atomic E-state index is 12.2. The van der Waals surface area contributed by atoms with Gasteiger partial charge < -0.3 is 19.8 Å². The lowest BCUT2D eigenvalue weighted by molar-refractivity contribution is -0.155. The summed E-state index contributed by atoms with van der Waals surface area (Å²) >= 11 is 2.86. The number of nitrogens with one attached hydrogen (secondary N) is 1. The monoisotopic (exact) mass is 373 g/mol. The van der Waals surface area contributed by atoms with Crippen molar-refractivity contribution < 1.29 is 24.5 Å². The van der Waals surface area contributed by atoms with Crippen LogP contribution in [0.5, 0.6) is 0 Å². The second kappa shape index (κ2) is 6.49. The van der Waals surface area contributed by atoms with E-state index in [1.807, 2.05) is 4.90 Å². The van der Waals surface area contributed by atoms with Crippen molar-refractivity contribution in [3.63, 3.8) is 0 Å². The van der Waals surface area contributed by atoms with Gasteiger partial charge in [0.25, 0.3) is 0 Å². The molecule has 4 atom stereocenters. The smallest absolute Gasteiger partial charge is 0.449 e. The third-order valence-electron chi connectivity index (χ3n) is 4.30. The van der Waals surface area contributed by atoms with Crippen molar-refractivity contribution in [2.45, 2.75) is 37.0 Å². The number of nitrogens with zero attached hydrogens (tertiary/aromatic N) is 2. The highest BCUT2D eigenvalue weighted by molar-refractivity contribution is 8.23. The Labute approximate surface area is 147 Å². The van der Waals surface area contributed by atoms with Gasteiger partial charge in [-0.3, -0.25) is 15.1 Å². The minimum absolute atomic E-state index is 0.0643. The number of thioether (sulfide) groups is 2. The highest BCUT2D eigenvalue weighted by atomic mass is 32.2. The first kappa shape index (κ1) is 17.4. The van der Waals surface area contributed by atoms with Crippen LogP contribution < -0.4 is 0 Å². The van der Waals surface area contributed by atoms with Gasteiger partial charge in [0.1, 0.15) is 9.61 Å². The molecule has 1 unspecified atom stereocenters. The van der Waals surface area contributed by atoms with Crippen LogP contribution in [-0.2, 0) is 9.53 Å². The number of hydrogen-bond donors (Lipinski definition) is 3. The number of aliphatic hydroxyl groups excluding tert-OH is 1. The predicted molar refractivity (Wildman–Crippen MR) is 90.5 cm³/mol. The van der Waals surface area contributed by atoms with Crippen molar-refractivity contribution in [3.8, 4) is 0 Å². The number of aliphatic hydroxyl groups is 1. The van der Waals surface area contributed by atoms with Gasteiger partial charge in [-0.15, -0.1) is 11.8 Å². The number of amides is 1. The van der Waals surface area contributed by atoms with Crippen LogP contribution in [0.15, 0.2) is 10.1 Å². The Morgan fingerprint density at radius 2 is 2.25 bits per heavy atom. The zero-order chi connectivity index (χ0) is 17.6. The molecule has 2 saturated heterocycles. The molecule has 132 valence electrons. The molecule has 0 aromatic heterocycles. The minimum Gasteiger partial charge on any atom is -0.449 e. The van der Waals surface area contributed by atoms with Gasteiger partial charge in [-0.25, -0.2) is 4.79 Å². The first-order valence-electron chi connectivity index (χ1n) is 7.59. The summed E-state index contributed by atoms with van der Waals surface area (Å²) in [5, 5.41) is 26.3. The summed E-state index contributed by atoms with van der Waals surface area (Å²) in [7, 11) is 0. The van der Waals surface area contributed by atoms with Crippen molar-refractivity contribution in [1.82, 2.24) is 9.80 Å². The van der Waals surface area contributed by atoms with E-state index in [1.54, 1.807) is 13.8 Å². The number of amidine groups is 1. The summed E-state index contributed by atoms with van der Waals surface area (Å²) in [5.41, 5.74) is 0. The molecule has 3 heterocycles. The molecular formula is C14H19N3O5S2. The SMILES string of the molecule is CC(=N)N1CC[C@H](SC2=C(OC(=O)O)N3C(=O)[C@H](C(C)O)[C@H]3S2)C1. The van der Waals surface area contributed by atoms with Gasteiger partial charge in [0.05, 0.1) is 17.9 Å². The van der Waals surface area contributed by atoms with E-state index in [-0.39, 0.29) is 22.4 Å². The van der Waals surface area contributed by atoms with Crippen molar-refractivity contribution in [3.05, 3.63) is 10.1 Å². The number of carbonyl (C=O) groups is 2. The Bertz CT molecular complexity index is 624. The second-order valence-electron chi connectivity index (χ2n) is 6.00. The normalized spacial score (nSPS) is 30.3. The van der Waals surface area contributed by atoms with Crippen LogP contribution in [-0.4, -0.2) is 67.7 Å². The molecule has 2 fully saturated rings. The number of fused-ring (bicyclic) bond motifs is 1. The van der Waals surface area contributed by atoms with E-state index in [9.17, 15) is 14.7 Å². The summed E-state index contributed by atoms with van der Waals surface area (Å²) in [6, 6.07) is 0. The largest absolute Gasteiger partial charge is 0.512 e. The fourth-order valence-electron chi connectivity index (χ4n) is 3.06. The first-order chi connectivity index (χ1) is 11.3. The third-order valence-corrected chi connectivity index (χ3v) is 7.12. The van der Waals surface area contributed by atoms with Crippen molar-refractivity contribution in [2.24, 2.45) is 5.92 Å². The molecule has 3 rings (SSSR count). The third kappa shape index (κ3) is 2.98. The molecule has 0 aliphatic carbocycles. The fraction of sp³-hybridized carbons (Fsp3) is 0.643. The average molecular weight is 373 g/mol. The highest BCUT2D eigenvalue weighted by Crippen LogP contribution is 2.55. The van der Waals surface area contributed by atoms with E-state index in [0.717, 1.165) is 13.0 Å². The van der Waals surface area contributed by atoms with E-state index >= 15 is 0 Å². The first-order valence-corrected chi connectivity index (χ1v) is 9.35. The van der Waals surface area contributed by atoms with E-state index in [4.69, 9.17) is 15.3 Å². The number of likely N-dealkylation sites (tertiary alicyclic amines) is 1. The minimum atomic E-state index is -1.46. The van der Waals surface area contributed by atoms with Gasteiger partial charge in [0.2, 0.25) is 11.8 Å². The summed E-state index contributed by atoms with van der Waals surface area (Å²) in [6.07, 6.45) is -1.37. The van der Waals surface area contributed by atoms with Crippen LogP contribution in [0.2, 0.25) is 0 Å². The quantitative estimate of drug-likeness (QED) is 0.294. The van der Waals surface area contributed by atoms with Gasteiger partial charge in [-0.1, -0.05) is 11.8 Å². The van der Waals surface area contributed by atoms with Crippen LogP contribution in [0, 0.1) is 11.3 Å². The summed E-state index contributed by atoms with van der Waals surface area (Å²) < 4.78 is 5.52. The van der Waals surface area contributed by atoms with Crippen molar-refractivity contribution >= 4 is 41.4 Å². The van der Waals surface area contributed by atoms with E-state index in [1.165, 1.54) is 28.4 Å². The topological polar surface area (TPSA) is 114 Å². The van der Waals surface area contributed by atoms with E-state index in [0.29, 0.717) is 16.6 Å². The molecule has 0 aromatic rings. The fourth-order valence-corrected chi connectivity index (χ4v) is 6.27. The van der Waals surface area contributed by atoms with E-state index < -0.39 is 18.2 Å². The molecule has 8 nitrogen and oxygen atoms in total. The Hall–Kier alpha value is -1.39. The molecule has 3 aliphatic heterocycles. The number of carbonyl (C=O) groups excluding carboxylic acids is 1. The van der Waals surface area contributed by atoms with Gasteiger partial charge in [0, 0.05) is 18.3 Å². The molecule has 0 spiro atoms. The van der Waals surface area contributed by atoms with Crippen LogP contribution in [0.1, 0.15) is 20.3 Å². The molecule has 0 bridgehead atoms. The Morgan fingerprint density at radius 3 is 2.79 bits per heavy atom. The summed E-state index contributed by atoms with van der Waals surface area (Å²) in [4.78, 5) is 26.5. The highest BCUT2D eigenvalue weighted by Gasteiger charge is 2.58. The number of carboxylic acid groups (broad SMARTS) is 1. The lowest BCUT2D eigenvalue weighted by Gasteiger charge is -2.43. The lowest BCUT2D eigenvalue weighted by Crippen LogP contribution is -2.60. The maximum Gasteiger partial charge on any atom is 0.512 e. The molecule has 0 aromatic carbocycles. The van der Waals surface area contributed by atoms with Crippen LogP contribution in [0.25, 0.3) is 0 Å². The number of β-lactam (4-membered cyclic amide) rings is 1. The van der Waals surface area contributed by atoms with Gasteiger partial charge in [-0.2, -0.15) is 0 Å². The van der Waals surface area contributed by atoms with Crippen molar-refractivity contribution in [1.29, 1.82) is 5.41 Å². The Morgan fingerprint density at radius 1 is 1.54 bits per heavy atom. The van der Waals surface area contributed by atoms with Gasteiger partial charge >= 0.3 is 6.16 Å². The van der Waals surface area contributed by atoms with Crippen molar-refractivity contribution in [2.75, 3.05) is 13.1 Å². The van der Waals surface area contributed by atoms with Crippen LogP contribution in [0.3, 0.4) is 0 Å². The molecule has 1 amide bonds. The molecule has 3 aliphatic rings. The van der Waals surface area contributed by atoms with Gasteiger partial charge in [0.15, 0.2) is 0 Å². The zero-order valence-corrected chi connectivity index (χ0v) is 14.9. The summed E-state index contributed by atoms with van der Waals surface area (Å²) in [6.45, 7) is 4.81. The second-order valence-corrected chi connectivity index (χ2v) is 8.70. The lowest BCUT2D eigenvalue weighted by atomic mass is 9.93. The molecule has 24 heavy (non-hydrogen) atoms. The molecule has 0 saturated carbocycles. The average Bonchev–Trinajstić information content (AvgIpc) is 3.02. The number of hydrogen-bond acceptors (Lipinski definition) is 7. The van der Waals surface area contributed by atoms with Crippen LogP contribution in [0.4, 0.5) is 4.79 Å². The number of ether oxygens (including phenoxy) is 1. The maximum atomic E-state index is 12.2. The Kier molecular flexibility index (Phi) is 4.71. The number of rotatable bonds is 4. The molecular weight excluding hydrogens is 354 g/mol.